The molecule has 0 saturated carbocycles. The summed E-state index contributed by atoms with van der Waals surface area (Å²) in [6.07, 6.45) is 6.15. The number of allylic oxidation sites excluding steroid dienone is 1. The molecular weight excluding hydrogens is 699 g/mol. The van der Waals surface area contributed by atoms with E-state index in [9.17, 15) is 19.5 Å². The van der Waals surface area contributed by atoms with Crippen LogP contribution in [0.4, 0.5) is 5.69 Å². The highest BCUT2D eigenvalue weighted by molar-refractivity contribution is 6.05. The number of aryl methyl sites for hydroxylation is 1. The first-order valence-electron chi connectivity index (χ1n) is 20.5. The minimum atomic E-state index is -0.584. The predicted molar refractivity (Wildman–Crippen MR) is 221 cm³/mol. The topological polar surface area (TPSA) is 96.4 Å². The summed E-state index contributed by atoms with van der Waals surface area (Å²) in [6.45, 7) is 9.92. The second-order valence-corrected chi connectivity index (χ2v) is 15.8. The van der Waals surface area contributed by atoms with Crippen LogP contribution in [-0.4, -0.2) is 95.4 Å². The van der Waals surface area contributed by atoms with Gasteiger partial charge in [-0.3, -0.25) is 24.6 Å². The fourth-order valence-corrected chi connectivity index (χ4v) is 9.25. The van der Waals surface area contributed by atoms with Gasteiger partial charge in [-0.2, -0.15) is 0 Å². The number of piperazine rings is 1. The van der Waals surface area contributed by atoms with Gasteiger partial charge in [-0.25, -0.2) is 0 Å². The normalized spacial score (nSPS) is 20.2. The Balaban J connectivity index is 0.802. The van der Waals surface area contributed by atoms with Gasteiger partial charge < -0.3 is 19.8 Å². The number of imide groups is 1. The summed E-state index contributed by atoms with van der Waals surface area (Å²) in [6, 6.07) is 33.5. The molecule has 8 rings (SSSR count). The number of rotatable bonds is 11. The van der Waals surface area contributed by atoms with Crippen molar-refractivity contribution in [2.24, 2.45) is 0 Å². The lowest BCUT2D eigenvalue weighted by Gasteiger charge is -2.43. The molecule has 0 spiro atoms. The molecule has 290 valence electrons. The van der Waals surface area contributed by atoms with Crippen molar-refractivity contribution in [1.29, 1.82) is 0 Å². The van der Waals surface area contributed by atoms with Gasteiger partial charge in [0.25, 0.3) is 5.91 Å². The van der Waals surface area contributed by atoms with Crippen LogP contribution in [0.5, 0.6) is 5.75 Å². The number of hydrogen-bond donors (Lipinski definition) is 2. The number of hydrogen-bond acceptors (Lipinski definition) is 7. The molecule has 0 aromatic heterocycles. The summed E-state index contributed by atoms with van der Waals surface area (Å²) < 4.78 is 0. The molecule has 0 radical (unpaired) electrons. The Morgan fingerprint density at radius 1 is 0.768 bits per heavy atom. The van der Waals surface area contributed by atoms with Gasteiger partial charge in [0, 0.05) is 56.4 Å². The highest BCUT2D eigenvalue weighted by Gasteiger charge is 2.39. The number of anilines is 1. The molecule has 3 amide bonds. The molecule has 3 saturated heterocycles. The number of benzene rings is 4. The Hall–Kier alpha value is -5.25. The standard InChI is InChI=1S/C47H53N5O4/c1-2-41(34-8-4-3-5-9-34)45(36-15-18-40(53)19-16-36)35-12-10-33(11-13-35)7-6-24-49-25-22-38(23-26-49)50-27-29-51(30-28-50)39-17-14-37-32-52(47(56)42(37)31-39)43-20-21-44(54)48-46(43)55/h3-5,8-19,31,38,43,53H,2,6-7,20-30,32H2,1H3,(H,48,54,55)/b45-41+. The molecule has 4 aliphatic heterocycles. The molecule has 4 aromatic carbocycles. The molecule has 4 aliphatic rings. The van der Waals surface area contributed by atoms with Crippen LogP contribution in [0.3, 0.4) is 0 Å². The van der Waals surface area contributed by atoms with Gasteiger partial charge in [0.15, 0.2) is 0 Å². The van der Waals surface area contributed by atoms with Crippen LogP contribution in [0.25, 0.3) is 11.1 Å². The van der Waals surface area contributed by atoms with Crippen LogP contribution >= 0.6 is 0 Å². The molecule has 9 heteroatoms. The largest absolute Gasteiger partial charge is 0.508 e. The summed E-state index contributed by atoms with van der Waals surface area (Å²) in [7, 11) is 0. The Morgan fingerprint density at radius 3 is 2.14 bits per heavy atom. The van der Waals surface area contributed by atoms with Crippen LogP contribution in [0, 0.1) is 0 Å². The highest BCUT2D eigenvalue weighted by atomic mass is 16.3. The summed E-state index contributed by atoms with van der Waals surface area (Å²) in [5.41, 5.74) is 10.1. The number of nitrogens with one attached hydrogen (secondary N) is 1. The van der Waals surface area contributed by atoms with Crippen LogP contribution in [-0.2, 0) is 22.6 Å². The minimum absolute atomic E-state index is 0.113. The summed E-state index contributed by atoms with van der Waals surface area (Å²) in [5.74, 6) is -0.471. The van der Waals surface area contributed by atoms with Crippen molar-refractivity contribution in [2.45, 2.75) is 70.5 Å². The lowest BCUT2D eigenvalue weighted by Crippen LogP contribution is -2.53. The van der Waals surface area contributed by atoms with E-state index in [2.05, 4.69) is 87.6 Å². The molecule has 0 aliphatic carbocycles. The summed E-state index contributed by atoms with van der Waals surface area (Å²) >= 11 is 0. The Kier molecular flexibility index (Phi) is 11.3. The van der Waals surface area contributed by atoms with Crippen molar-refractivity contribution in [3.8, 4) is 5.75 Å². The van der Waals surface area contributed by atoms with E-state index >= 15 is 0 Å². The van der Waals surface area contributed by atoms with Crippen molar-refractivity contribution in [2.75, 3.05) is 50.7 Å². The van der Waals surface area contributed by atoms with Gasteiger partial charge in [0.05, 0.1) is 0 Å². The zero-order valence-corrected chi connectivity index (χ0v) is 32.5. The number of carbonyl (C=O) groups excluding carboxylic acids is 3. The molecule has 4 aromatic rings. The van der Waals surface area contributed by atoms with E-state index in [0.717, 1.165) is 81.9 Å². The van der Waals surface area contributed by atoms with Crippen molar-refractivity contribution in [1.82, 2.24) is 20.0 Å². The van der Waals surface area contributed by atoms with E-state index in [0.29, 0.717) is 24.6 Å². The third-order valence-electron chi connectivity index (χ3n) is 12.4. The average molecular weight is 752 g/mol. The third kappa shape index (κ3) is 8.15. The SMILES string of the molecule is CC/C(=C(\c1ccc(O)cc1)c1ccc(CCCN2CCC(N3CCN(c4ccc5c(c4)C(=O)N(C4CCC(=O)NC4=O)C5)CC3)CC2)cc1)c1ccccc1. The first-order chi connectivity index (χ1) is 27.3. The van der Waals surface area contributed by atoms with Gasteiger partial charge in [0.2, 0.25) is 11.8 Å². The molecule has 9 nitrogen and oxygen atoms in total. The van der Waals surface area contributed by atoms with Gasteiger partial charge in [-0.15, -0.1) is 0 Å². The van der Waals surface area contributed by atoms with Gasteiger partial charge >= 0.3 is 0 Å². The monoisotopic (exact) mass is 751 g/mol. The predicted octanol–water partition coefficient (Wildman–Crippen LogP) is 6.74. The van der Waals surface area contributed by atoms with Crippen molar-refractivity contribution < 1.29 is 19.5 Å². The highest BCUT2D eigenvalue weighted by Crippen LogP contribution is 2.36. The van der Waals surface area contributed by atoms with E-state index in [4.69, 9.17) is 0 Å². The van der Waals surface area contributed by atoms with E-state index in [1.807, 2.05) is 24.3 Å². The third-order valence-corrected chi connectivity index (χ3v) is 12.4. The maximum Gasteiger partial charge on any atom is 0.255 e. The summed E-state index contributed by atoms with van der Waals surface area (Å²) in [4.78, 5) is 46.8. The molecule has 2 N–H and O–H groups in total. The first-order valence-corrected chi connectivity index (χ1v) is 20.5. The number of amides is 3. The fourth-order valence-electron chi connectivity index (χ4n) is 9.25. The van der Waals surface area contributed by atoms with E-state index in [1.165, 1.54) is 40.7 Å². The molecular formula is C47H53N5O4. The Bertz CT molecular complexity index is 2060. The van der Waals surface area contributed by atoms with Crippen LogP contribution in [0.1, 0.15) is 83.6 Å². The fraction of sp³-hybridized carbons (Fsp3) is 0.383. The zero-order valence-electron chi connectivity index (χ0n) is 32.5. The number of piperidine rings is 2. The van der Waals surface area contributed by atoms with E-state index in [-0.39, 0.29) is 29.9 Å². The number of phenolic OH excluding ortho intramolecular Hbond substituents is 1. The van der Waals surface area contributed by atoms with Gasteiger partial charge in [-0.1, -0.05) is 79.7 Å². The molecule has 1 unspecified atom stereocenters. The van der Waals surface area contributed by atoms with Crippen molar-refractivity contribution >= 4 is 34.6 Å². The number of fused-ring (bicyclic) bond motifs is 1. The maximum atomic E-state index is 13.4. The molecule has 3 fully saturated rings. The number of likely N-dealkylation sites (tertiary alicyclic amines) is 1. The molecule has 0 bridgehead atoms. The van der Waals surface area contributed by atoms with E-state index < -0.39 is 6.04 Å². The molecule has 4 heterocycles. The average Bonchev–Trinajstić information content (AvgIpc) is 3.56. The number of aromatic hydroxyl groups is 1. The Labute approximate surface area is 330 Å². The molecule has 56 heavy (non-hydrogen) atoms. The smallest absolute Gasteiger partial charge is 0.255 e. The van der Waals surface area contributed by atoms with Gasteiger partial charge in [-0.05, 0) is 121 Å². The van der Waals surface area contributed by atoms with E-state index in [1.54, 1.807) is 17.0 Å². The van der Waals surface area contributed by atoms with Crippen molar-refractivity contribution in [3.63, 3.8) is 0 Å². The van der Waals surface area contributed by atoms with Gasteiger partial charge in [0.1, 0.15) is 11.8 Å². The first kappa shape index (κ1) is 37.7. The second kappa shape index (κ2) is 16.9. The molecule has 1 atom stereocenters. The number of carbonyl (C=O) groups is 3. The lowest BCUT2D eigenvalue weighted by atomic mass is 9.87. The maximum absolute atomic E-state index is 13.4. The summed E-state index contributed by atoms with van der Waals surface area (Å²) in [5, 5.41) is 12.4. The number of phenols is 1. The minimum Gasteiger partial charge on any atom is -0.508 e. The van der Waals surface area contributed by atoms with Crippen LogP contribution < -0.4 is 10.2 Å². The Morgan fingerprint density at radius 2 is 1.46 bits per heavy atom. The number of nitrogens with zero attached hydrogens (tertiary/aromatic N) is 4. The van der Waals surface area contributed by atoms with Crippen molar-refractivity contribution in [3.05, 3.63) is 130 Å². The zero-order chi connectivity index (χ0) is 38.6. The van der Waals surface area contributed by atoms with Crippen LogP contribution in [0.15, 0.2) is 97.1 Å². The second-order valence-electron chi connectivity index (χ2n) is 15.8. The lowest BCUT2D eigenvalue weighted by molar-refractivity contribution is -0.136. The van der Waals surface area contributed by atoms with Crippen LogP contribution in [0.2, 0.25) is 0 Å². The quantitative estimate of drug-likeness (QED) is 0.130.